The Bertz CT molecular complexity index is 716. The minimum atomic E-state index is -0.971. The number of carbonyl (C=O) groups excluding carboxylic acids is 1. The largest absolute Gasteiger partial charge is 0.478 e. The number of aromatic nitrogens is 2. The predicted octanol–water partition coefficient (Wildman–Crippen LogP) is 1.30. The van der Waals surface area contributed by atoms with Crippen molar-refractivity contribution in [3.05, 3.63) is 59.2 Å². The second-order valence-electron chi connectivity index (χ2n) is 5.23. The van der Waals surface area contributed by atoms with Gasteiger partial charge in [0.2, 0.25) is 5.91 Å². The number of hydrogen-bond donors (Lipinski definition) is 1. The van der Waals surface area contributed by atoms with Crippen LogP contribution in [-0.4, -0.2) is 38.4 Å². The van der Waals surface area contributed by atoms with Crippen LogP contribution >= 0.6 is 0 Å². The first kappa shape index (κ1) is 14.2. The fourth-order valence-corrected chi connectivity index (χ4v) is 2.68. The van der Waals surface area contributed by atoms with Crippen molar-refractivity contribution in [3.8, 4) is 0 Å². The summed E-state index contributed by atoms with van der Waals surface area (Å²) in [5.41, 5.74) is 2.76. The molecule has 1 aliphatic heterocycles. The number of carboxylic acid groups (broad SMARTS) is 1. The van der Waals surface area contributed by atoms with E-state index in [0.717, 1.165) is 16.7 Å². The Morgan fingerprint density at radius 1 is 1.18 bits per heavy atom. The Labute approximate surface area is 127 Å². The quantitative estimate of drug-likeness (QED) is 0.923. The van der Waals surface area contributed by atoms with Gasteiger partial charge in [-0.15, -0.1) is 0 Å². The first-order valence-electron chi connectivity index (χ1n) is 7.01. The zero-order chi connectivity index (χ0) is 15.5. The fourth-order valence-electron chi connectivity index (χ4n) is 2.68. The molecule has 0 aliphatic carbocycles. The van der Waals surface area contributed by atoms with E-state index in [9.17, 15) is 14.7 Å². The molecule has 1 aliphatic rings. The number of amides is 1. The second kappa shape index (κ2) is 5.93. The zero-order valence-corrected chi connectivity index (χ0v) is 11.9. The van der Waals surface area contributed by atoms with E-state index in [0.29, 0.717) is 25.9 Å². The zero-order valence-electron chi connectivity index (χ0n) is 11.9. The molecule has 0 atom stereocenters. The van der Waals surface area contributed by atoms with Gasteiger partial charge >= 0.3 is 5.97 Å². The second-order valence-corrected chi connectivity index (χ2v) is 5.23. The number of carboxylic acids is 1. The molecule has 2 aromatic rings. The highest BCUT2D eigenvalue weighted by atomic mass is 16.4. The number of nitrogens with zero attached hydrogens (tertiary/aromatic N) is 3. The number of rotatable bonds is 3. The van der Waals surface area contributed by atoms with Gasteiger partial charge in [-0.2, -0.15) is 0 Å². The van der Waals surface area contributed by atoms with Crippen LogP contribution in [-0.2, 0) is 24.2 Å². The maximum absolute atomic E-state index is 12.4. The molecule has 0 aromatic carbocycles. The molecule has 1 N–H and O–H groups in total. The minimum Gasteiger partial charge on any atom is -0.478 e. The average molecular weight is 297 g/mol. The van der Waals surface area contributed by atoms with Crippen LogP contribution in [0, 0.1) is 0 Å². The summed E-state index contributed by atoms with van der Waals surface area (Å²) in [7, 11) is 0. The molecule has 1 amide bonds. The molecule has 3 rings (SSSR count). The highest BCUT2D eigenvalue weighted by Crippen LogP contribution is 2.22. The first-order chi connectivity index (χ1) is 10.6. The number of fused-ring (bicyclic) bond motifs is 1. The summed E-state index contributed by atoms with van der Waals surface area (Å²) in [6.45, 7) is 0.939. The van der Waals surface area contributed by atoms with Crippen LogP contribution in [0.3, 0.4) is 0 Å². The lowest BCUT2D eigenvalue weighted by atomic mass is 9.97. The van der Waals surface area contributed by atoms with Crippen LogP contribution in [0.5, 0.6) is 0 Å². The molecule has 0 fully saturated rings. The molecule has 0 spiro atoms. The monoisotopic (exact) mass is 297 g/mol. The van der Waals surface area contributed by atoms with Crippen LogP contribution in [0.25, 0.3) is 0 Å². The molecule has 6 nitrogen and oxygen atoms in total. The summed E-state index contributed by atoms with van der Waals surface area (Å²) in [5, 5.41) is 9.18. The van der Waals surface area contributed by atoms with E-state index in [-0.39, 0.29) is 11.5 Å². The maximum Gasteiger partial charge on any atom is 0.337 e. The predicted molar refractivity (Wildman–Crippen MR) is 78.3 cm³/mol. The van der Waals surface area contributed by atoms with Crippen molar-refractivity contribution in [2.45, 2.75) is 19.4 Å². The molecule has 0 radical (unpaired) electrons. The van der Waals surface area contributed by atoms with E-state index in [1.165, 1.54) is 6.20 Å². The number of carbonyl (C=O) groups is 2. The smallest absolute Gasteiger partial charge is 0.337 e. The highest BCUT2D eigenvalue weighted by Gasteiger charge is 2.24. The molecule has 0 saturated heterocycles. The Balaban J connectivity index is 1.76. The van der Waals surface area contributed by atoms with Gasteiger partial charge in [0.1, 0.15) is 0 Å². The molecule has 2 aromatic heterocycles. The Kier molecular flexibility index (Phi) is 3.82. The van der Waals surface area contributed by atoms with Crippen molar-refractivity contribution >= 4 is 11.9 Å². The topological polar surface area (TPSA) is 83.4 Å². The summed E-state index contributed by atoms with van der Waals surface area (Å²) >= 11 is 0. The van der Waals surface area contributed by atoms with Crippen molar-refractivity contribution in [2.24, 2.45) is 0 Å². The van der Waals surface area contributed by atoms with Gasteiger partial charge in [0.05, 0.1) is 12.0 Å². The molecule has 0 unspecified atom stereocenters. The molecular weight excluding hydrogens is 282 g/mol. The number of pyridine rings is 2. The Hall–Kier alpha value is -2.76. The van der Waals surface area contributed by atoms with Crippen LogP contribution in [0.4, 0.5) is 0 Å². The lowest BCUT2D eigenvalue weighted by Crippen LogP contribution is -2.37. The Morgan fingerprint density at radius 3 is 2.68 bits per heavy atom. The van der Waals surface area contributed by atoms with Gasteiger partial charge in [0, 0.05) is 37.9 Å². The van der Waals surface area contributed by atoms with E-state index >= 15 is 0 Å². The number of aromatic carboxylic acids is 1. The molecule has 0 bridgehead atoms. The lowest BCUT2D eigenvalue weighted by Gasteiger charge is -2.29. The van der Waals surface area contributed by atoms with Crippen molar-refractivity contribution in [1.82, 2.24) is 14.9 Å². The maximum atomic E-state index is 12.4. The first-order valence-corrected chi connectivity index (χ1v) is 7.01. The summed E-state index contributed by atoms with van der Waals surface area (Å²) in [4.78, 5) is 33.2. The molecule has 3 heterocycles. The van der Waals surface area contributed by atoms with E-state index in [4.69, 9.17) is 0 Å². The van der Waals surface area contributed by atoms with Crippen molar-refractivity contribution in [2.75, 3.05) is 6.54 Å². The van der Waals surface area contributed by atoms with E-state index in [1.807, 2.05) is 12.1 Å². The van der Waals surface area contributed by atoms with E-state index in [2.05, 4.69) is 9.97 Å². The van der Waals surface area contributed by atoms with Crippen LogP contribution in [0.1, 0.15) is 27.0 Å². The molecule has 112 valence electrons. The highest BCUT2D eigenvalue weighted by molar-refractivity contribution is 5.89. The average Bonchev–Trinajstić information content (AvgIpc) is 2.54. The SMILES string of the molecule is O=C(O)c1cncc2c1CCN(C(=O)Cc1ccncc1)C2. The summed E-state index contributed by atoms with van der Waals surface area (Å²) < 4.78 is 0. The summed E-state index contributed by atoms with van der Waals surface area (Å²) in [5.74, 6) is -0.946. The third-order valence-electron chi connectivity index (χ3n) is 3.83. The normalized spacial score (nSPS) is 13.5. The van der Waals surface area contributed by atoms with Gasteiger partial charge in [-0.25, -0.2) is 4.79 Å². The van der Waals surface area contributed by atoms with Crippen LogP contribution in [0.15, 0.2) is 36.9 Å². The standard InChI is InChI=1S/C16H15N3O3/c20-15(7-11-1-4-17-5-2-11)19-6-3-13-12(10-19)8-18-9-14(13)16(21)22/h1-2,4-5,8-9H,3,6-7,10H2,(H,21,22). The van der Waals surface area contributed by atoms with Gasteiger partial charge in [0.15, 0.2) is 0 Å². The lowest BCUT2D eigenvalue weighted by molar-refractivity contribution is -0.131. The Morgan fingerprint density at radius 2 is 1.95 bits per heavy atom. The van der Waals surface area contributed by atoms with Crippen molar-refractivity contribution in [1.29, 1.82) is 0 Å². The van der Waals surface area contributed by atoms with Crippen molar-refractivity contribution < 1.29 is 14.7 Å². The van der Waals surface area contributed by atoms with Gasteiger partial charge in [-0.05, 0) is 35.2 Å². The van der Waals surface area contributed by atoms with E-state index in [1.54, 1.807) is 23.5 Å². The van der Waals surface area contributed by atoms with Crippen LogP contribution < -0.4 is 0 Å². The third kappa shape index (κ3) is 2.81. The van der Waals surface area contributed by atoms with Crippen molar-refractivity contribution in [3.63, 3.8) is 0 Å². The van der Waals surface area contributed by atoms with E-state index < -0.39 is 5.97 Å². The minimum absolute atomic E-state index is 0.0255. The van der Waals surface area contributed by atoms with Gasteiger partial charge in [-0.3, -0.25) is 14.8 Å². The number of hydrogen-bond acceptors (Lipinski definition) is 4. The molecule has 22 heavy (non-hydrogen) atoms. The summed E-state index contributed by atoms with van der Waals surface area (Å²) in [6.07, 6.45) is 7.21. The molecular formula is C16H15N3O3. The van der Waals surface area contributed by atoms with Crippen LogP contribution in [0.2, 0.25) is 0 Å². The van der Waals surface area contributed by atoms with Gasteiger partial charge < -0.3 is 10.0 Å². The fraction of sp³-hybridized carbons (Fsp3) is 0.250. The van der Waals surface area contributed by atoms with Gasteiger partial charge in [-0.1, -0.05) is 0 Å². The molecule has 6 heteroatoms. The van der Waals surface area contributed by atoms with Gasteiger partial charge in [0.25, 0.3) is 0 Å². The third-order valence-corrected chi connectivity index (χ3v) is 3.83. The summed E-state index contributed by atoms with van der Waals surface area (Å²) in [6, 6.07) is 3.64. The molecule has 0 saturated carbocycles.